The number of hydrogen-bond acceptors (Lipinski definition) is 2. The third-order valence-corrected chi connectivity index (χ3v) is 17.9. The molecule has 3 heteroatoms. The third-order valence-electron chi connectivity index (χ3n) is 13.4. The summed E-state index contributed by atoms with van der Waals surface area (Å²) in [5, 5.41) is 0.290. The summed E-state index contributed by atoms with van der Waals surface area (Å²) in [7, 11) is -1.75. The van der Waals surface area contributed by atoms with Gasteiger partial charge < -0.3 is 9.22 Å². The van der Waals surface area contributed by atoms with Crippen molar-refractivity contribution in [3.63, 3.8) is 0 Å². The Hall–Kier alpha value is -0.153. The van der Waals surface area contributed by atoms with E-state index in [-0.39, 0.29) is 0 Å². The number of carbonyl (C=O) groups excluding carboxylic acids is 1. The van der Waals surface area contributed by atoms with Crippen molar-refractivity contribution in [1.82, 2.24) is 0 Å². The van der Waals surface area contributed by atoms with Gasteiger partial charge in [-0.3, -0.25) is 0 Å². The van der Waals surface area contributed by atoms with Crippen LogP contribution in [0.15, 0.2) is 0 Å². The summed E-state index contributed by atoms with van der Waals surface area (Å²) in [5.41, 5.74) is 0. The first-order valence-corrected chi connectivity index (χ1v) is 27.2. The van der Waals surface area contributed by atoms with Crippen LogP contribution in [0.5, 0.6) is 0 Å². The highest BCUT2D eigenvalue weighted by Crippen LogP contribution is 2.41. The van der Waals surface area contributed by atoms with Crippen LogP contribution in [0.4, 0.5) is 0 Å². The van der Waals surface area contributed by atoms with Crippen molar-refractivity contribution >= 4 is 14.6 Å². The molecule has 1 aliphatic carbocycles. The Morgan fingerprint density at radius 3 is 1.19 bits per heavy atom. The molecule has 310 valence electrons. The Kier molecular flexibility index (Phi) is 31.7. The van der Waals surface area contributed by atoms with E-state index in [4.69, 9.17) is 4.43 Å². The fourth-order valence-electron chi connectivity index (χ4n) is 8.21. The zero-order valence-corrected chi connectivity index (χ0v) is 38.2. The Morgan fingerprint density at radius 2 is 0.865 bits per heavy atom. The molecule has 0 heterocycles. The van der Waals surface area contributed by atoms with Gasteiger partial charge in [0, 0.05) is 12.0 Å². The van der Waals surface area contributed by atoms with Gasteiger partial charge in [0.2, 0.25) is 0 Å². The van der Waals surface area contributed by atoms with Crippen LogP contribution in [0.3, 0.4) is 0 Å². The first-order valence-electron chi connectivity index (χ1n) is 24.3. The molecule has 4 atom stereocenters. The van der Waals surface area contributed by atoms with E-state index < -0.39 is 8.32 Å². The van der Waals surface area contributed by atoms with Gasteiger partial charge in [-0.2, -0.15) is 0 Å². The molecule has 1 saturated carbocycles. The molecule has 0 radical (unpaired) electrons. The number of hydrogen-bond donors (Lipinski definition) is 0. The van der Waals surface area contributed by atoms with Crippen molar-refractivity contribution in [1.29, 1.82) is 0 Å². The fourth-order valence-corrected chi connectivity index (χ4v) is 9.67. The molecule has 0 amide bonds. The lowest BCUT2D eigenvalue weighted by Gasteiger charge is -2.41. The first kappa shape index (κ1) is 49.9. The van der Waals surface area contributed by atoms with E-state index >= 15 is 0 Å². The molecule has 0 aromatic heterocycles. The van der Waals surface area contributed by atoms with Crippen LogP contribution in [0.2, 0.25) is 18.1 Å². The number of unbranched alkanes of at least 4 members (excludes halogenated alkanes) is 30. The fraction of sp³-hybridized carbons (Fsp3) is 0.980. The Bertz CT molecular complexity index is 772. The maximum Gasteiger partial charge on any atom is 0.192 e. The van der Waals surface area contributed by atoms with Crippen LogP contribution < -0.4 is 0 Å². The molecule has 1 fully saturated rings. The molecule has 0 aromatic rings. The highest BCUT2D eigenvalue weighted by molar-refractivity contribution is 6.74. The van der Waals surface area contributed by atoms with E-state index in [0.717, 1.165) is 5.92 Å². The average Bonchev–Trinajstić information content (AvgIpc) is 3.88. The smallest absolute Gasteiger partial charge is 0.192 e. The van der Waals surface area contributed by atoms with E-state index in [1.54, 1.807) is 0 Å². The lowest BCUT2D eigenvalue weighted by atomic mass is 9.93. The largest absolute Gasteiger partial charge is 0.414 e. The zero-order valence-electron chi connectivity index (χ0n) is 37.2. The number of carbonyl (C=O) groups is 1. The van der Waals surface area contributed by atoms with E-state index in [1.165, 1.54) is 237 Å². The molecule has 0 bridgehead atoms. The number of rotatable bonds is 40. The summed E-state index contributed by atoms with van der Waals surface area (Å²) < 4.78 is 7.12. The monoisotopic (exact) mass is 747 g/mol. The second-order valence-electron chi connectivity index (χ2n) is 19.5. The first-order chi connectivity index (χ1) is 25.1. The molecule has 1 rings (SSSR count). The predicted molar refractivity (Wildman–Crippen MR) is 236 cm³/mol. The van der Waals surface area contributed by atoms with E-state index in [0.29, 0.717) is 23.0 Å². The maximum atomic E-state index is 10.7. The third kappa shape index (κ3) is 28.3. The van der Waals surface area contributed by atoms with Gasteiger partial charge in [0.1, 0.15) is 6.29 Å². The second-order valence-corrected chi connectivity index (χ2v) is 24.3. The molecule has 0 unspecified atom stereocenters. The van der Waals surface area contributed by atoms with Crippen molar-refractivity contribution in [3.05, 3.63) is 0 Å². The van der Waals surface area contributed by atoms with Crippen molar-refractivity contribution in [2.75, 3.05) is 0 Å². The van der Waals surface area contributed by atoms with E-state index in [9.17, 15) is 4.79 Å². The van der Waals surface area contributed by atoms with Crippen molar-refractivity contribution in [2.24, 2.45) is 17.8 Å². The van der Waals surface area contributed by atoms with Crippen molar-refractivity contribution in [3.8, 4) is 0 Å². The maximum absolute atomic E-state index is 10.7. The molecule has 1 aliphatic rings. The lowest BCUT2D eigenvalue weighted by molar-refractivity contribution is -0.109. The van der Waals surface area contributed by atoms with Gasteiger partial charge in [0.15, 0.2) is 8.32 Å². The van der Waals surface area contributed by atoms with Gasteiger partial charge in [-0.05, 0) is 55.7 Å². The van der Waals surface area contributed by atoms with Crippen LogP contribution >= 0.6 is 0 Å². The zero-order chi connectivity index (χ0) is 38.2. The normalized spacial score (nSPS) is 17.4. The minimum absolute atomic E-state index is 0.290. The summed E-state index contributed by atoms with van der Waals surface area (Å²) in [5.74, 6) is 1.86. The van der Waals surface area contributed by atoms with Gasteiger partial charge in [0.25, 0.3) is 0 Å². The topological polar surface area (TPSA) is 26.3 Å². The van der Waals surface area contributed by atoms with Crippen LogP contribution in [-0.4, -0.2) is 20.7 Å². The Morgan fingerprint density at radius 1 is 0.538 bits per heavy atom. The quantitative estimate of drug-likeness (QED) is 0.0354. The van der Waals surface area contributed by atoms with Gasteiger partial charge in [-0.1, -0.05) is 240 Å². The van der Waals surface area contributed by atoms with Crippen LogP contribution in [0.1, 0.15) is 266 Å². The minimum Gasteiger partial charge on any atom is -0.414 e. The average molecular weight is 747 g/mol. The lowest BCUT2D eigenvalue weighted by Crippen LogP contribution is -2.45. The molecule has 0 aromatic carbocycles. The molecular weight excluding hydrogens is 649 g/mol. The standard InChI is InChI=1S/C49H98O2Si/c1-8-9-10-11-12-13-14-15-16-19-22-25-28-31-34-37-40-45(2)48(51-52(6,7)49(3,4)5)42-39-36-33-30-27-24-21-18-17-20-23-26-29-32-35-38-41-46-43-47(46)44-50/h44-48H,8-43H2,1-7H3/t45-,46-,47-,48-/m0/s1. The summed E-state index contributed by atoms with van der Waals surface area (Å²) in [6.45, 7) is 17.0. The Balaban J connectivity index is 2.04. The molecule has 0 N–H and O–H groups in total. The van der Waals surface area contributed by atoms with Crippen molar-refractivity contribution < 1.29 is 9.22 Å². The number of aldehydes is 1. The highest BCUT2D eigenvalue weighted by atomic mass is 28.4. The van der Waals surface area contributed by atoms with E-state index in [2.05, 4.69) is 47.7 Å². The summed E-state index contributed by atoms with van der Waals surface area (Å²) >= 11 is 0. The van der Waals surface area contributed by atoms with Crippen LogP contribution in [-0.2, 0) is 9.22 Å². The minimum atomic E-state index is -1.75. The summed E-state index contributed by atoms with van der Waals surface area (Å²) in [6.07, 6.45) is 52.6. The van der Waals surface area contributed by atoms with Crippen molar-refractivity contribution in [2.45, 2.75) is 290 Å². The molecule has 0 saturated heterocycles. The highest BCUT2D eigenvalue weighted by Gasteiger charge is 2.40. The second kappa shape index (κ2) is 33.0. The molecular formula is C49H98O2Si. The molecule has 52 heavy (non-hydrogen) atoms. The predicted octanol–water partition coefficient (Wildman–Crippen LogP) is 17.5. The summed E-state index contributed by atoms with van der Waals surface area (Å²) in [6, 6.07) is 0. The molecule has 0 aliphatic heterocycles. The van der Waals surface area contributed by atoms with Gasteiger partial charge in [-0.15, -0.1) is 0 Å². The van der Waals surface area contributed by atoms with Gasteiger partial charge in [-0.25, -0.2) is 0 Å². The van der Waals surface area contributed by atoms with Crippen LogP contribution in [0, 0.1) is 17.8 Å². The van der Waals surface area contributed by atoms with E-state index in [1.807, 2.05) is 0 Å². The van der Waals surface area contributed by atoms with Crippen LogP contribution in [0.25, 0.3) is 0 Å². The van der Waals surface area contributed by atoms with Gasteiger partial charge >= 0.3 is 0 Å². The molecule has 0 spiro atoms. The summed E-state index contributed by atoms with van der Waals surface area (Å²) in [4.78, 5) is 10.7. The van der Waals surface area contributed by atoms with Gasteiger partial charge in [0.05, 0.1) is 0 Å². The SMILES string of the molecule is CCCCCCCCCCCCCCCCCC[C@H](C)[C@H](CCCCCCCCCCCCCCCCCC[C@H]1C[C@H]1C=O)O[Si](C)(C)C(C)(C)C. The Labute approximate surface area is 330 Å². The molecule has 2 nitrogen and oxygen atoms in total.